The van der Waals surface area contributed by atoms with E-state index < -0.39 is 17.5 Å². The molecule has 1 aliphatic carbocycles. The molecular weight excluding hydrogens is 429 g/mol. The van der Waals surface area contributed by atoms with Crippen LogP contribution in [0.2, 0.25) is 0 Å². The molecule has 0 amide bonds. The lowest BCUT2D eigenvalue weighted by atomic mass is 9.78. The molecule has 4 rings (SSSR count). The van der Waals surface area contributed by atoms with Gasteiger partial charge in [0.1, 0.15) is 5.82 Å². The molecule has 0 atom stereocenters. The minimum atomic E-state index is -0.976. The molecule has 3 aromatic carbocycles. The third-order valence-corrected chi connectivity index (χ3v) is 7.26. The Labute approximate surface area is 201 Å². The molecule has 0 aliphatic heterocycles. The topological polar surface area (TPSA) is 0 Å². The number of benzene rings is 3. The van der Waals surface area contributed by atoms with Gasteiger partial charge in [0.05, 0.1) is 0 Å². The third kappa shape index (κ3) is 5.46. The second-order valence-corrected chi connectivity index (χ2v) is 9.55. The van der Waals surface area contributed by atoms with Crippen molar-refractivity contribution in [2.45, 2.75) is 64.2 Å². The van der Waals surface area contributed by atoms with Gasteiger partial charge in [-0.25, -0.2) is 13.2 Å². The number of allylic oxidation sites excluding steroid dienone is 1. The minimum Gasteiger partial charge on any atom is -0.206 e. The molecule has 0 heterocycles. The van der Waals surface area contributed by atoms with E-state index in [0.717, 1.165) is 18.4 Å². The predicted octanol–water partition coefficient (Wildman–Crippen LogP) is 8.97. The Bertz CT molecular complexity index is 1120. The van der Waals surface area contributed by atoms with Crippen molar-refractivity contribution < 1.29 is 13.2 Å². The zero-order chi connectivity index (χ0) is 24.1. The molecule has 34 heavy (non-hydrogen) atoms. The van der Waals surface area contributed by atoms with Crippen molar-refractivity contribution in [3.63, 3.8) is 0 Å². The highest BCUT2D eigenvalue weighted by molar-refractivity contribution is 5.66. The van der Waals surface area contributed by atoms with E-state index in [9.17, 15) is 13.2 Å². The van der Waals surface area contributed by atoms with E-state index in [1.165, 1.54) is 48.9 Å². The maximum Gasteiger partial charge on any atom is 0.167 e. The summed E-state index contributed by atoms with van der Waals surface area (Å²) < 4.78 is 43.8. The van der Waals surface area contributed by atoms with Crippen LogP contribution in [0.15, 0.2) is 67.3 Å². The Morgan fingerprint density at radius 1 is 0.765 bits per heavy atom. The van der Waals surface area contributed by atoms with Crippen molar-refractivity contribution in [1.82, 2.24) is 0 Å². The number of hydrogen-bond donors (Lipinski definition) is 0. The summed E-state index contributed by atoms with van der Waals surface area (Å²) in [5, 5.41) is 0. The van der Waals surface area contributed by atoms with Crippen LogP contribution in [0.4, 0.5) is 13.2 Å². The number of aryl methyl sites for hydroxylation is 3. The smallest absolute Gasteiger partial charge is 0.167 e. The summed E-state index contributed by atoms with van der Waals surface area (Å²) in [6, 6.07) is 16.7. The van der Waals surface area contributed by atoms with Crippen LogP contribution >= 0.6 is 0 Å². The lowest BCUT2D eigenvalue weighted by Crippen LogP contribution is -2.11. The summed E-state index contributed by atoms with van der Waals surface area (Å²) in [5.41, 5.74) is 3.86. The molecule has 0 spiro atoms. The summed E-state index contributed by atoms with van der Waals surface area (Å²) in [7, 11) is 0. The largest absolute Gasteiger partial charge is 0.206 e. The Balaban J connectivity index is 1.40. The van der Waals surface area contributed by atoms with E-state index in [1.807, 2.05) is 13.0 Å². The summed E-state index contributed by atoms with van der Waals surface area (Å²) in [6.45, 7) is 5.84. The van der Waals surface area contributed by atoms with Gasteiger partial charge in [-0.2, -0.15) is 0 Å². The van der Waals surface area contributed by atoms with Gasteiger partial charge in [0.25, 0.3) is 0 Å². The standard InChI is InChI=1S/C31H33F3/c1-3-5-26-17-19-28(31(34)30(26)33)27-18-12-23(20-29(27)32)7-6-22-10-15-25(16-11-22)24-13-8-21(4-2)9-14-24/h4,10-12,15-21,24H,2-3,5-9,13-14H2,1H3. The molecule has 0 nitrogen and oxygen atoms in total. The zero-order valence-electron chi connectivity index (χ0n) is 19.9. The number of halogens is 3. The lowest BCUT2D eigenvalue weighted by molar-refractivity contribution is 0.376. The first-order valence-corrected chi connectivity index (χ1v) is 12.5. The van der Waals surface area contributed by atoms with E-state index in [1.54, 1.807) is 12.1 Å². The summed E-state index contributed by atoms with van der Waals surface area (Å²) in [6.07, 6.45) is 9.63. The van der Waals surface area contributed by atoms with E-state index in [2.05, 4.69) is 36.9 Å². The van der Waals surface area contributed by atoms with Crippen LogP contribution in [0, 0.1) is 23.4 Å². The molecule has 0 bridgehead atoms. The van der Waals surface area contributed by atoms with Gasteiger partial charge in [0, 0.05) is 11.1 Å². The molecule has 1 saturated carbocycles. The van der Waals surface area contributed by atoms with Crippen LogP contribution in [0.5, 0.6) is 0 Å². The molecule has 1 fully saturated rings. The van der Waals surface area contributed by atoms with Gasteiger partial charge in [-0.1, -0.05) is 68.0 Å². The van der Waals surface area contributed by atoms with Gasteiger partial charge in [0.15, 0.2) is 11.6 Å². The first-order chi connectivity index (χ1) is 16.5. The van der Waals surface area contributed by atoms with Crippen molar-refractivity contribution in [2.24, 2.45) is 5.92 Å². The molecule has 1 aliphatic rings. The van der Waals surface area contributed by atoms with Crippen LogP contribution in [0.25, 0.3) is 11.1 Å². The Morgan fingerprint density at radius 3 is 2.06 bits per heavy atom. The molecule has 3 aromatic rings. The van der Waals surface area contributed by atoms with Crippen LogP contribution in [-0.4, -0.2) is 0 Å². The lowest BCUT2D eigenvalue weighted by Gasteiger charge is -2.27. The van der Waals surface area contributed by atoms with E-state index in [-0.39, 0.29) is 11.1 Å². The zero-order valence-corrected chi connectivity index (χ0v) is 19.9. The van der Waals surface area contributed by atoms with Gasteiger partial charge in [-0.3, -0.25) is 0 Å². The maximum atomic E-state index is 14.8. The van der Waals surface area contributed by atoms with Crippen molar-refractivity contribution in [3.05, 3.63) is 107 Å². The predicted molar refractivity (Wildman–Crippen MR) is 134 cm³/mol. The van der Waals surface area contributed by atoms with Crippen LogP contribution in [0.3, 0.4) is 0 Å². The van der Waals surface area contributed by atoms with Crippen molar-refractivity contribution >= 4 is 0 Å². The maximum absolute atomic E-state index is 14.8. The SMILES string of the molecule is C=CC1CCC(c2ccc(CCc3ccc(-c4ccc(CCC)c(F)c4F)c(F)c3)cc2)CC1. The molecular formula is C31H33F3. The molecule has 0 aromatic heterocycles. The quantitative estimate of drug-likeness (QED) is 0.293. The second-order valence-electron chi connectivity index (χ2n) is 9.55. The fourth-order valence-corrected chi connectivity index (χ4v) is 5.13. The van der Waals surface area contributed by atoms with Gasteiger partial charge in [0.2, 0.25) is 0 Å². The Kier molecular flexibility index (Phi) is 7.92. The summed E-state index contributed by atoms with van der Waals surface area (Å²) in [5.74, 6) is -1.08. The van der Waals surface area contributed by atoms with Crippen molar-refractivity contribution in [3.8, 4) is 11.1 Å². The fourth-order valence-electron chi connectivity index (χ4n) is 5.13. The molecule has 3 heteroatoms. The van der Waals surface area contributed by atoms with E-state index in [0.29, 0.717) is 30.2 Å². The first-order valence-electron chi connectivity index (χ1n) is 12.5. The number of rotatable bonds is 8. The summed E-state index contributed by atoms with van der Waals surface area (Å²) >= 11 is 0. The van der Waals surface area contributed by atoms with Crippen molar-refractivity contribution in [2.75, 3.05) is 0 Å². The third-order valence-electron chi connectivity index (χ3n) is 7.26. The van der Waals surface area contributed by atoms with Crippen LogP contribution in [0.1, 0.15) is 67.2 Å². The van der Waals surface area contributed by atoms with Gasteiger partial charge < -0.3 is 0 Å². The average Bonchev–Trinajstić information content (AvgIpc) is 2.87. The molecule has 0 radical (unpaired) electrons. The van der Waals surface area contributed by atoms with Crippen LogP contribution < -0.4 is 0 Å². The van der Waals surface area contributed by atoms with E-state index >= 15 is 0 Å². The average molecular weight is 463 g/mol. The van der Waals surface area contributed by atoms with Gasteiger partial charge >= 0.3 is 0 Å². The highest BCUT2D eigenvalue weighted by Gasteiger charge is 2.20. The van der Waals surface area contributed by atoms with Gasteiger partial charge in [-0.05, 0) is 85.1 Å². The van der Waals surface area contributed by atoms with Crippen molar-refractivity contribution in [1.29, 1.82) is 0 Å². The monoisotopic (exact) mass is 462 g/mol. The summed E-state index contributed by atoms with van der Waals surface area (Å²) in [4.78, 5) is 0. The van der Waals surface area contributed by atoms with Crippen LogP contribution in [-0.2, 0) is 19.3 Å². The number of hydrogen-bond acceptors (Lipinski definition) is 0. The normalized spacial score (nSPS) is 18.1. The molecule has 0 unspecified atom stereocenters. The molecule has 178 valence electrons. The Hall–Kier alpha value is -2.81. The van der Waals surface area contributed by atoms with E-state index in [4.69, 9.17) is 0 Å². The highest BCUT2D eigenvalue weighted by atomic mass is 19.2. The fraction of sp³-hybridized carbons (Fsp3) is 0.355. The minimum absolute atomic E-state index is 0.0286. The second kappa shape index (κ2) is 11.1. The Morgan fingerprint density at radius 2 is 1.41 bits per heavy atom. The highest BCUT2D eigenvalue weighted by Crippen LogP contribution is 2.36. The molecule has 0 N–H and O–H groups in total. The van der Waals surface area contributed by atoms with Gasteiger partial charge in [-0.15, -0.1) is 6.58 Å². The molecule has 0 saturated heterocycles. The first kappa shape index (κ1) is 24.3.